The van der Waals surface area contributed by atoms with Crippen molar-refractivity contribution >= 4 is 5.97 Å². The highest BCUT2D eigenvalue weighted by Gasteiger charge is 2.63. The number of fused-ring (bicyclic) bond motifs is 4. The van der Waals surface area contributed by atoms with Crippen molar-refractivity contribution in [2.24, 2.45) is 39.4 Å². The third-order valence-electron chi connectivity index (χ3n) is 11.9. The smallest absolute Gasteiger partial charge is 0.330 e. The zero-order chi connectivity index (χ0) is 24.4. The second-order valence-corrected chi connectivity index (χ2v) is 13.5. The van der Waals surface area contributed by atoms with Crippen molar-refractivity contribution in [3.05, 3.63) is 22.8 Å². The molecule has 186 valence electrons. The Morgan fingerprint density at radius 1 is 1.03 bits per heavy atom. The minimum atomic E-state index is -0.794. The fraction of sp³-hybridized carbons (Fsp3) is 0.833. The summed E-state index contributed by atoms with van der Waals surface area (Å²) in [7, 11) is 0. The van der Waals surface area contributed by atoms with E-state index in [2.05, 4.69) is 41.5 Å². The van der Waals surface area contributed by atoms with Gasteiger partial charge < -0.3 is 10.2 Å². The Bertz CT molecular complexity index is 866. The van der Waals surface area contributed by atoms with Crippen LogP contribution in [0.3, 0.4) is 0 Å². The van der Waals surface area contributed by atoms with Crippen molar-refractivity contribution in [1.29, 1.82) is 0 Å². The van der Waals surface area contributed by atoms with Crippen molar-refractivity contribution < 1.29 is 15.0 Å². The highest BCUT2D eigenvalue weighted by Crippen LogP contribution is 2.72. The molecule has 0 bridgehead atoms. The summed E-state index contributed by atoms with van der Waals surface area (Å²) in [4.78, 5) is 11.1. The normalized spacial score (nSPS) is 43.5. The summed E-state index contributed by atoms with van der Waals surface area (Å²) in [6.07, 6.45) is 13.3. The Morgan fingerprint density at radius 2 is 1.73 bits per heavy atom. The van der Waals surface area contributed by atoms with Crippen LogP contribution in [0.25, 0.3) is 0 Å². The number of carbonyl (C=O) groups is 1. The Labute approximate surface area is 202 Å². The fourth-order valence-electron chi connectivity index (χ4n) is 9.48. The van der Waals surface area contributed by atoms with Crippen LogP contribution in [0, 0.1) is 39.4 Å². The third-order valence-corrected chi connectivity index (χ3v) is 11.9. The van der Waals surface area contributed by atoms with E-state index in [4.69, 9.17) is 5.11 Å². The molecule has 33 heavy (non-hydrogen) atoms. The van der Waals surface area contributed by atoms with E-state index in [1.54, 1.807) is 18.1 Å². The first kappa shape index (κ1) is 25.0. The SMILES string of the molecule is CC(=CCC[C@@H](C)[C@H]1CC[C@@]2(C)C3=C(CC[C@]12C)[C@@]1(C)CC[C@@H](O)C(C)(C)[C@@H]1CC3)C(=O)O. The number of carboxylic acid groups (broad SMARTS) is 1. The molecule has 2 N–H and O–H groups in total. The third kappa shape index (κ3) is 3.58. The average Bonchev–Trinajstić information content (AvgIpc) is 3.02. The van der Waals surface area contributed by atoms with Crippen molar-refractivity contribution in [1.82, 2.24) is 0 Å². The summed E-state index contributed by atoms with van der Waals surface area (Å²) >= 11 is 0. The van der Waals surface area contributed by atoms with Gasteiger partial charge in [-0.1, -0.05) is 58.8 Å². The molecule has 0 aliphatic heterocycles. The van der Waals surface area contributed by atoms with Gasteiger partial charge in [-0.25, -0.2) is 4.79 Å². The molecule has 0 unspecified atom stereocenters. The Morgan fingerprint density at radius 3 is 2.39 bits per heavy atom. The molecule has 0 heterocycles. The Balaban J connectivity index is 1.60. The first-order valence-electron chi connectivity index (χ1n) is 13.6. The van der Waals surface area contributed by atoms with Crippen LogP contribution < -0.4 is 0 Å². The second kappa shape index (κ2) is 8.25. The minimum absolute atomic E-state index is 0.00150. The van der Waals surface area contributed by atoms with Crippen molar-refractivity contribution in [2.75, 3.05) is 0 Å². The van der Waals surface area contributed by atoms with Gasteiger partial charge in [0, 0.05) is 5.57 Å². The fourth-order valence-corrected chi connectivity index (χ4v) is 9.48. The molecule has 0 aromatic heterocycles. The van der Waals surface area contributed by atoms with E-state index in [0.717, 1.165) is 25.7 Å². The van der Waals surface area contributed by atoms with E-state index in [1.807, 2.05) is 6.08 Å². The van der Waals surface area contributed by atoms with Crippen LogP contribution in [0.15, 0.2) is 22.8 Å². The van der Waals surface area contributed by atoms with Gasteiger partial charge in [0.05, 0.1) is 6.10 Å². The maximum absolute atomic E-state index is 11.1. The molecular formula is C30H48O3. The van der Waals surface area contributed by atoms with Gasteiger partial charge in [-0.3, -0.25) is 0 Å². The number of aliphatic hydroxyl groups is 1. The lowest BCUT2D eigenvalue weighted by Gasteiger charge is -2.62. The molecule has 0 spiro atoms. The lowest BCUT2D eigenvalue weighted by molar-refractivity contribution is -0.132. The number of hydrogen-bond acceptors (Lipinski definition) is 2. The van der Waals surface area contributed by atoms with Gasteiger partial charge in [0.25, 0.3) is 0 Å². The van der Waals surface area contributed by atoms with Crippen LogP contribution in [-0.2, 0) is 4.79 Å². The van der Waals surface area contributed by atoms with Crippen LogP contribution in [0.2, 0.25) is 0 Å². The van der Waals surface area contributed by atoms with Gasteiger partial charge in [0.2, 0.25) is 0 Å². The van der Waals surface area contributed by atoms with Crippen LogP contribution in [0.1, 0.15) is 113 Å². The standard InChI is InChI=1S/C30H48O3/c1-19(9-8-10-20(2)26(32)33)21-13-17-30(7)23-11-12-24-27(3,4)25(31)15-16-28(24,5)22(23)14-18-29(21,30)6/h10,19,21,24-25,31H,8-9,11-18H2,1-7H3,(H,32,33)/t19-,21-,24+,25-,28-,29-,30+/m1/s1. The number of allylic oxidation sites excluding steroid dienone is 3. The molecule has 3 nitrogen and oxygen atoms in total. The largest absolute Gasteiger partial charge is 0.478 e. The average molecular weight is 457 g/mol. The zero-order valence-corrected chi connectivity index (χ0v) is 22.3. The van der Waals surface area contributed by atoms with Crippen LogP contribution in [0.5, 0.6) is 0 Å². The molecule has 4 aliphatic carbocycles. The quantitative estimate of drug-likeness (QED) is 0.332. The molecule has 0 amide bonds. The molecular weight excluding hydrogens is 408 g/mol. The van der Waals surface area contributed by atoms with Crippen molar-refractivity contribution in [2.45, 2.75) is 119 Å². The number of aliphatic carboxylic acids is 1. The van der Waals surface area contributed by atoms with E-state index in [1.165, 1.54) is 38.5 Å². The highest BCUT2D eigenvalue weighted by atomic mass is 16.4. The molecule has 0 saturated heterocycles. The number of rotatable bonds is 5. The van der Waals surface area contributed by atoms with Gasteiger partial charge in [-0.15, -0.1) is 0 Å². The number of carboxylic acids is 1. The molecule has 0 aromatic rings. The van der Waals surface area contributed by atoms with Crippen LogP contribution in [0.4, 0.5) is 0 Å². The number of aliphatic hydroxyl groups excluding tert-OH is 1. The molecule has 0 radical (unpaired) electrons. The van der Waals surface area contributed by atoms with Gasteiger partial charge >= 0.3 is 5.97 Å². The predicted octanol–water partition coefficient (Wildman–Crippen LogP) is 7.54. The summed E-state index contributed by atoms with van der Waals surface area (Å²) in [5.74, 6) is 1.12. The Kier molecular flexibility index (Phi) is 6.25. The first-order chi connectivity index (χ1) is 15.3. The summed E-state index contributed by atoms with van der Waals surface area (Å²) in [5.41, 5.74) is 4.95. The number of hydrogen-bond donors (Lipinski definition) is 2. The van der Waals surface area contributed by atoms with Crippen molar-refractivity contribution in [3.63, 3.8) is 0 Å². The molecule has 7 atom stereocenters. The van der Waals surface area contributed by atoms with Gasteiger partial charge in [-0.05, 0) is 111 Å². The van der Waals surface area contributed by atoms with Gasteiger partial charge in [0.1, 0.15) is 0 Å². The van der Waals surface area contributed by atoms with Gasteiger partial charge in [-0.2, -0.15) is 0 Å². The molecule has 2 saturated carbocycles. The van der Waals surface area contributed by atoms with E-state index in [-0.39, 0.29) is 16.9 Å². The van der Waals surface area contributed by atoms with Crippen LogP contribution in [-0.4, -0.2) is 22.3 Å². The van der Waals surface area contributed by atoms with E-state index in [0.29, 0.717) is 34.2 Å². The second-order valence-electron chi connectivity index (χ2n) is 13.5. The molecule has 3 heteroatoms. The predicted molar refractivity (Wildman–Crippen MR) is 135 cm³/mol. The summed E-state index contributed by atoms with van der Waals surface area (Å²) in [6.45, 7) is 16.5. The van der Waals surface area contributed by atoms with Crippen LogP contribution >= 0.6 is 0 Å². The topological polar surface area (TPSA) is 57.5 Å². The van der Waals surface area contributed by atoms with Gasteiger partial charge in [0.15, 0.2) is 0 Å². The molecule has 4 aliphatic rings. The zero-order valence-electron chi connectivity index (χ0n) is 22.3. The van der Waals surface area contributed by atoms with E-state index in [9.17, 15) is 9.90 Å². The van der Waals surface area contributed by atoms with E-state index < -0.39 is 5.97 Å². The lowest BCUT2D eigenvalue weighted by Crippen LogP contribution is -2.55. The molecule has 2 fully saturated rings. The molecule has 4 rings (SSSR count). The molecule has 0 aromatic carbocycles. The lowest BCUT2D eigenvalue weighted by atomic mass is 9.43. The van der Waals surface area contributed by atoms with Crippen molar-refractivity contribution in [3.8, 4) is 0 Å². The summed E-state index contributed by atoms with van der Waals surface area (Å²) in [6, 6.07) is 0. The Hall–Kier alpha value is -1.09. The highest BCUT2D eigenvalue weighted by molar-refractivity contribution is 5.85. The monoisotopic (exact) mass is 456 g/mol. The summed E-state index contributed by atoms with van der Waals surface area (Å²) < 4.78 is 0. The first-order valence-corrected chi connectivity index (χ1v) is 13.6. The maximum atomic E-state index is 11.1. The minimum Gasteiger partial charge on any atom is -0.478 e. The maximum Gasteiger partial charge on any atom is 0.330 e. The van der Waals surface area contributed by atoms with E-state index >= 15 is 0 Å². The summed E-state index contributed by atoms with van der Waals surface area (Å²) in [5, 5.41) is 20.0.